The number of aromatic nitrogens is 3. The first-order valence-corrected chi connectivity index (χ1v) is 13.6. The van der Waals surface area contributed by atoms with Crippen molar-refractivity contribution in [1.82, 2.24) is 24.0 Å². The van der Waals surface area contributed by atoms with Crippen molar-refractivity contribution in [3.05, 3.63) is 71.9 Å². The molecule has 4 heterocycles. The lowest BCUT2D eigenvalue weighted by Crippen LogP contribution is -2.47. The smallest absolute Gasteiger partial charge is 0.244 e. The summed E-state index contributed by atoms with van der Waals surface area (Å²) in [6, 6.07) is 12.2. The Hall–Kier alpha value is -2.79. The molecule has 0 aliphatic carbocycles. The number of amides is 1. The minimum absolute atomic E-state index is 0.0128. The molecule has 2 aliphatic heterocycles. The molecule has 0 bridgehead atoms. The second kappa shape index (κ2) is 10.1. The average molecular weight is 500 g/mol. The molecule has 1 aromatic carbocycles. The molecule has 2 N–H and O–H groups in total. The van der Waals surface area contributed by atoms with E-state index in [-0.39, 0.29) is 24.3 Å². The summed E-state index contributed by atoms with van der Waals surface area (Å²) in [5, 5.41) is 4.72. The van der Waals surface area contributed by atoms with Gasteiger partial charge >= 0.3 is 0 Å². The van der Waals surface area contributed by atoms with Gasteiger partial charge in [0.25, 0.3) is 0 Å². The summed E-state index contributed by atoms with van der Waals surface area (Å²) in [4.78, 5) is 19.1. The fourth-order valence-corrected chi connectivity index (χ4v) is 6.80. The van der Waals surface area contributed by atoms with E-state index in [1.54, 1.807) is 29.2 Å². The molecule has 2 aromatic heterocycles. The zero-order valence-electron chi connectivity index (χ0n) is 19.5. The molecule has 186 valence electrons. The van der Waals surface area contributed by atoms with E-state index in [1.165, 1.54) is 12.1 Å². The molecule has 2 fully saturated rings. The molecule has 0 unspecified atom stereocenters. The monoisotopic (exact) mass is 499 g/mol. The molecule has 0 saturated carbocycles. The van der Waals surface area contributed by atoms with E-state index in [2.05, 4.69) is 4.98 Å². The van der Waals surface area contributed by atoms with Gasteiger partial charge in [-0.05, 0) is 55.2 Å². The summed E-state index contributed by atoms with van der Waals surface area (Å²) < 4.78 is 37.5. The van der Waals surface area contributed by atoms with Gasteiger partial charge in [0.2, 0.25) is 5.91 Å². The number of benzene rings is 1. The zero-order valence-corrected chi connectivity index (χ0v) is 20.3. The highest BCUT2D eigenvalue weighted by Crippen LogP contribution is 2.51. The minimum Gasteiger partial charge on any atom is -0.341 e. The van der Waals surface area contributed by atoms with Gasteiger partial charge in [0.15, 0.2) is 0 Å². The molecular weight excluding hydrogens is 469 g/mol. The number of halogens is 1. The topological polar surface area (TPSA) is 94.7 Å². The van der Waals surface area contributed by atoms with E-state index in [1.807, 2.05) is 27.4 Å². The maximum absolute atomic E-state index is 13.4. The maximum Gasteiger partial charge on any atom is 0.244 e. The van der Waals surface area contributed by atoms with E-state index in [9.17, 15) is 18.3 Å². The number of rotatable bonds is 6. The highest BCUT2D eigenvalue weighted by atomic mass is 32.3. The Kier molecular flexibility index (Phi) is 6.88. The number of nitrogens with zero attached hydrogens (tertiary/aromatic N) is 5. The van der Waals surface area contributed by atoms with Crippen molar-refractivity contribution in [3.63, 3.8) is 0 Å². The zero-order chi connectivity index (χ0) is 24.4. The first-order chi connectivity index (χ1) is 16.9. The van der Waals surface area contributed by atoms with E-state index in [4.69, 9.17) is 5.10 Å². The van der Waals surface area contributed by atoms with Crippen LogP contribution in [0.4, 0.5) is 4.39 Å². The second-order valence-corrected chi connectivity index (χ2v) is 11.3. The molecular formula is C25H30FN5O3S. The second-order valence-electron chi connectivity index (χ2n) is 9.16. The van der Waals surface area contributed by atoms with E-state index in [0.29, 0.717) is 31.8 Å². The van der Waals surface area contributed by atoms with Crippen LogP contribution in [0.2, 0.25) is 0 Å². The SMILES string of the molecule is O=C(Cn1nc(-c2ccncc2)cc1Cc1ccc(F)cc1)N1CCC(N2CCCS2(O)O)CC1. The standard InChI is InChI=1S/C25H30FN5O3S/c26-21-4-2-19(3-5-21)16-23-17-24(20-6-10-27-11-7-20)28-30(23)18-25(32)29-13-8-22(9-14-29)31-12-1-15-35(31,33)34/h2-7,10-11,17,22,33-34H,1,8-9,12-16,18H2. The first-order valence-electron chi connectivity index (χ1n) is 11.9. The number of carbonyl (C=O) groups is 1. The Morgan fingerprint density at radius 3 is 2.43 bits per heavy atom. The van der Waals surface area contributed by atoms with Gasteiger partial charge in [0.1, 0.15) is 12.4 Å². The predicted octanol–water partition coefficient (Wildman–Crippen LogP) is 4.04. The van der Waals surface area contributed by atoms with Gasteiger partial charge in [-0.2, -0.15) is 5.10 Å². The molecule has 2 aliphatic rings. The molecule has 10 heteroatoms. The summed E-state index contributed by atoms with van der Waals surface area (Å²) in [6.07, 6.45) is 6.20. The van der Waals surface area contributed by atoms with Crippen LogP contribution in [0.1, 0.15) is 30.5 Å². The Labute approximate surface area is 205 Å². The molecule has 3 aromatic rings. The van der Waals surface area contributed by atoms with Crippen LogP contribution in [0.25, 0.3) is 11.3 Å². The molecule has 2 saturated heterocycles. The van der Waals surface area contributed by atoms with E-state index >= 15 is 0 Å². The highest BCUT2D eigenvalue weighted by Gasteiger charge is 2.37. The third-order valence-electron chi connectivity index (χ3n) is 6.82. The number of carbonyl (C=O) groups excluding carboxylic acids is 1. The van der Waals surface area contributed by atoms with Crippen molar-refractivity contribution in [3.8, 4) is 11.3 Å². The molecule has 0 radical (unpaired) electrons. The van der Waals surface area contributed by atoms with Crippen molar-refractivity contribution >= 4 is 16.7 Å². The van der Waals surface area contributed by atoms with Crippen LogP contribution in [0.5, 0.6) is 0 Å². The summed E-state index contributed by atoms with van der Waals surface area (Å²) in [5.41, 5.74) is 3.48. The molecule has 0 spiro atoms. The van der Waals surface area contributed by atoms with Crippen molar-refractivity contribution in [2.24, 2.45) is 0 Å². The van der Waals surface area contributed by atoms with Crippen LogP contribution in [0, 0.1) is 5.82 Å². The van der Waals surface area contributed by atoms with Gasteiger partial charge in [-0.15, -0.1) is 10.8 Å². The Bertz CT molecular complexity index is 1160. The van der Waals surface area contributed by atoms with Crippen molar-refractivity contribution in [2.75, 3.05) is 25.4 Å². The lowest BCUT2D eigenvalue weighted by atomic mass is 10.0. The molecule has 0 atom stereocenters. The number of pyridine rings is 1. The van der Waals surface area contributed by atoms with Crippen molar-refractivity contribution in [2.45, 2.75) is 38.3 Å². The summed E-state index contributed by atoms with van der Waals surface area (Å²) in [5.74, 6) is 0.150. The normalized spacial score (nSPS) is 19.7. The lowest BCUT2D eigenvalue weighted by molar-refractivity contribution is -0.133. The third kappa shape index (κ3) is 5.40. The van der Waals surface area contributed by atoms with Gasteiger partial charge < -0.3 is 4.90 Å². The number of piperidine rings is 1. The molecule has 5 rings (SSSR count). The lowest BCUT2D eigenvalue weighted by Gasteiger charge is -2.44. The Balaban J connectivity index is 1.30. The van der Waals surface area contributed by atoms with Gasteiger partial charge in [-0.25, -0.2) is 8.70 Å². The number of hydrogen-bond acceptors (Lipinski definition) is 6. The molecule has 35 heavy (non-hydrogen) atoms. The van der Waals surface area contributed by atoms with Crippen molar-refractivity contribution < 1.29 is 18.3 Å². The van der Waals surface area contributed by atoms with Crippen LogP contribution in [-0.4, -0.2) is 70.4 Å². The largest absolute Gasteiger partial charge is 0.341 e. The van der Waals surface area contributed by atoms with Gasteiger partial charge in [0, 0.05) is 55.7 Å². The van der Waals surface area contributed by atoms with Crippen LogP contribution >= 0.6 is 10.8 Å². The summed E-state index contributed by atoms with van der Waals surface area (Å²) in [6.45, 7) is 1.99. The third-order valence-corrected chi connectivity index (χ3v) is 8.89. The van der Waals surface area contributed by atoms with Crippen LogP contribution in [0.3, 0.4) is 0 Å². The fourth-order valence-electron chi connectivity index (χ4n) is 4.94. The predicted molar refractivity (Wildman–Crippen MR) is 133 cm³/mol. The van der Waals surface area contributed by atoms with Gasteiger partial charge in [0.05, 0.1) is 11.4 Å². The minimum atomic E-state index is -2.65. The quantitative estimate of drug-likeness (QED) is 0.532. The van der Waals surface area contributed by atoms with Crippen LogP contribution in [-0.2, 0) is 17.8 Å². The Morgan fingerprint density at radius 2 is 1.77 bits per heavy atom. The van der Waals surface area contributed by atoms with Crippen LogP contribution in [0.15, 0.2) is 54.9 Å². The van der Waals surface area contributed by atoms with Gasteiger partial charge in [-0.3, -0.25) is 23.6 Å². The fraction of sp³-hybridized carbons (Fsp3) is 0.400. The highest BCUT2D eigenvalue weighted by molar-refractivity contribution is 8.22. The van der Waals surface area contributed by atoms with Crippen LogP contribution < -0.4 is 0 Å². The van der Waals surface area contributed by atoms with E-state index in [0.717, 1.165) is 41.8 Å². The summed E-state index contributed by atoms with van der Waals surface area (Å²) >= 11 is 0. The van der Waals surface area contributed by atoms with E-state index < -0.39 is 10.8 Å². The maximum atomic E-state index is 13.4. The molecule has 8 nitrogen and oxygen atoms in total. The number of hydrogen-bond donors (Lipinski definition) is 2. The molecule has 1 amide bonds. The first kappa shape index (κ1) is 23.9. The summed E-state index contributed by atoms with van der Waals surface area (Å²) in [7, 11) is -2.65. The Morgan fingerprint density at radius 1 is 1.06 bits per heavy atom. The number of likely N-dealkylation sites (tertiary alicyclic amines) is 1. The van der Waals surface area contributed by atoms with Gasteiger partial charge in [-0.1, -0.05) is 12.1 Å². The average Bonchev–Trinajstić information content (AvgIpc) is 3.43. The van der Waals surface area contributed by atoms with Crippen molar-refractivity contribution in [1.29, 1.82) is 0 Å².